The molecule has 172 valence electrons. The van der Waals surface area contributed by atoms with Crippen molar-refractivity contribution in [2.24, 2.45) is 0 Å². The van der Waals surface area contributed by atoms with Gasteiger partial charge in [0.2, 0.25) is 5.91 Å². The largest absolute Gasteiger partial charge is 0.444 e. The fourth-order valence-electron chi connectivity index (χ4n) is 2.84. The molecule has 0 spiro atoms. The molecule has 0 radical (unpaired) electrons. The monoisotopic (exact) mass is 439 g/mol. The van der Waals surface area contributed by atoms with Crippen LogP contribution in [0.25, 0.3) is 0 Å². The number of amides is 3. The number of ether oxygens (including phenoxy) is 1. The second-order valence-corrected chi connectivity index (χ2v) is 9.57. The molecule has 0 aliphatic carbocycles. The van der Waals surface area contributed by atoms with Crippen LogP contribution in [0.5, 0.6) is 0 Å². The maximum atomic E-state index is 12.7. The number of benzene rings is 2. The third-order valence-electron chi connectivity index (χ3n) is 4.55. The van der Waals surface area contributed by atoms with E-state index in [-0.39, 0.29) is 30.3 Å². The Morgan fingerprint density at radius 3 is 2.06 bits per heavy atom. The molecule has 2 aromatic carbocycles. The van der Waals surface area contributed by atoms with Crippen molar-refractivity contribution >= 4 is 23.6 Å². The number of para-hydroxylation sites is 1. The first kappa shape index (κ1) is 24.9. The van der Waals surface area contributed by atoms with Gasteiger partial charge in [-0.05, 0) is 55.5 Å². The molecule has 0 fully saturated rings. The number of carbonyl (C=O) groups excluding carboxylic acids is 3. The van der Waals surface area contributed by atoms with E-state index in [1.807, 2.05) is 42.5 Å². The lowest BCUT2D eigenvalue weighted by atomic mass is 9.87. The lowest BCUT2D eigenvalue weighted by Gasteiger charge is -2.19. The van der Waals surface area contributed by atoms with Crippen molar-refractivity contribution in [2.45, 2.75) is 59.1 Å². The summed E-state index contributed by atoms with van der Waals surface area (Å²) in [5, 5.41) is 8.05. The van der Waals surface area contributed by atoms with Crippen LogP contribution < -0.4 is 16.0 Å². The number of carbonyl (C=O) groups is 3. The minimum Gasteiger partial charge on any atom is -0.444 e. The second-order valence-electron chi connectivity index (χ2n) is 9.57. The first-order valence-electron chi connectivity index (χ1n) is 10.6. The molecule has 0 aliphatic heterocycles. The first-order chi connectivity index (χ1) is 14.8. The lowest BCUT2D eigenvalue weighted by Crippen LogP contribution is -2.39. The molecule has 32 heavy (non-hydrogen) atoms. The molecule has 2 rings (SSSR count). The fourth-order valence-corrected chi connectivity index (χ4v) is 2.84. The van der Waals surface area contributed by atoms with Crippen LogP contribution in [0.15, 0.2) is 48.5 Å². The Bertz CT molecular complexity index is 954. The summed E-state index contributed by atoms with van der Waals surface area (Å²) in [7, 11) is 0. The summed E-state index contributed by atoms with van der Waals surface area (Å²) < 4.78 is 5.10. The van der Waals surface area contributed by atoms with Gasteiger partial charge in [-0.25, -0.2) is 4.79 Å². The molecule has 0 atom stereocenters. The Morgan fingerprint density at radius 2 is 1.47 bits per heavy atom. The predicted octanol–water partition coefficient (Wildman–Crippen LogP) is 4.38. The van der Waals surface area contributed by atoms with Crippen LogP contribution >= 0.6 is 0 Å². The van der Waals surface area contributed by atoms with E-state index >= 15 is 0 Å². The highest BCUT2D eigenvalue weighted by Gasteiger charge is 2.17. The average Bonchev–Trinajstić information content (AvgIpc) is 2.70. The molecular weight excluding hydrogens is 406 g/mol. The Balaban J connectivity index is 1.94. The van der Waals surface area contributed by atoms with Crippen molar-refractivity contribution in [3.63, 3.8) is 0 Å². The van der Waals surface area contributed by atoms with Gasteiger partial charge >= 0.3 is 6.09 Å². The minimum atomic E-state index is -0.655. The van der Waals surface area contributed by atoms with Gasteiger partial charge in [0.05, 0.1) is 0 Å². The highest BCUT2D eigenvalue weighted by atomic mass is 16.6. The zero-order chi connectivity index (χ0) is 23.9. The average molecular weight is 440 g/mol. The second kappa shape index (κ2) is 10.3. The third kappa shape index (κ3) is 8.06. The topological polar surface area (TPSA) is 96.5 Å². The van der Waals surface area contributed by atoms with Crippen LogP contribution in [0.3, 0.4) is 0 Å². The fraction of sp³-hybridized carbons (Fsp3) is 0.400. The van der Waals surface area contributed by atoms with E-state index in [9.17, 15) is 14.4 Å². The molecule has 3 N–H and O–H groups in total. The van der Waals surface area contributed by atoms with Crippen molar-refractivity contribution in [1.82, 2.24) is 10.6 Å². The Hall–Kier alpha value is -3.35. The van der Waals surface area contributed by atoms with Crippen molar-refractivity contribution in [1.29, 1.82) is 0 Å². The van der Waals surface area contributed by atoms with E-state index in [0.717, 1.165) is 11.1 Å². The molecule has 3 amide bonds. The molecule has 7 nitrogen and oxygen atoms in total. The Labute approximate surface area is 189 Å². The quantitative estimate of drug-likeness (QED) is 0.622. The summed E-state index contributed by atoms with van der Waals surface area (Å²) in [6, 6.07) is 14.8. The normalized spacial score (nSPS) is 11.4. The maximum absolute atomic E-state index is 12.7. The van der Waals surface area contributed by atoms with E-state index in [2.05, 4.69) is 36.7 Å². The summed E-state index contributed by atoms with van der Waals surface area (Å²) in [4.78, 5) is 36.4. The number of anilines is 1. The van der Waals surface area contributed by atoms with Crippen LogP contribution in [0, 0.1) is 0 Å². The van der Waals surface area contributed by atoms with Gasteiger partial charge in [0.1, 0.15) is 12.1 Å². The molecule has 2 aromatic rings. The summed E-state index contributed by atoms with van der Waals surface area (Å²) in [5.41, 5.74) is 2.44. The number of hydrogen-bond donors (Lipinski definition) is 3. The van der Waals surface area contributed by atoms with Crippen molar-refractivity contribution in [3.05, 3.63) is 65.2 Å². The summed E-state index contributed by atoms with van der Waals surface area (Å²) in [6.45, 7) is 11.6. The van der Waals surface area contributed by atoms with Crippen LogP contribution in [-0.4, -0.2) is 30.1 Å². The van der Waals surface area contributed by atoms with E-state index < -0.39 is 11.7 Å². The van der Waals surface area contributed by atoms with E-state index in [0.29, 0.717) is 11.3 Å². The van der Waals surface area contributed by atoms with Gasteiger partial charge in [-0.3, -0.25) is 9.59 Å². The summed E-state index contributed by atoms with van der Waals surface area (Å²) in [6.07, 6.45) is -0.655. The maximum Gasteiger partial charge on any atom is 0.408 e. The van der Waals surface area contributed by atoms with Crippen LogP contribution in [0.4, 0.5) is 10.5 Å². The van der Waals surface area contributed by atoms with Crippen molar-refractivity contribution in [3.8, 4) is 0 Å². The molecule has 0 saturated heterocycles. The zero-order valence-corrected chi connectivity index (χ0v) is 19.7. The Kier molecular flexibility index (Phi) is 8.02. The molecule has 0 bridgehead atoms. The van der Waals surface area contributed by atoms with Gasteiger partial charge in [-0.2, -0.15) is 0 Å². The first-order valence-corrected chi connectivity index (χ1v) is 10.6. The van der Waals surface area contributed by atoms with Crippen LogP contribution in [0.1, 0.15) is 63.0 Å². The van der Waals surface area contributed by atoms with Gasteiger partial charge in [0, 0.05) is 17.8 Å². The number of nitrogens with one attached hydrogen (secondary N) is 3. The highest BCUT2D eigenvalue weighted by molar-refractivity contribution is 6.04. The number of rotatable bonds is 6. The van der Waals surface area contributed by atoms with Gasteiger partial charge in [-0.1, -0.05) is 51.1 Å². The smallest absolute Gasteiger partial charge is 0.408 e. The van der Waals surface area contributed by atoms with Crippen LogP contribution in [-0.2, 0) is 21.5 Å². The molecule has 0 aliphatic rings. The lowest BCUT2D eigenvalue weighted by molar-refractivity contribution is -0.120. The summed E-state index contributed by atoms with van der Waals surface area (Å²) in [5.74, 6) is -0.592. The molecule has 7 heteroatoms. The Morgan fingerprint density at radius 1 is 0.844 bits per heavy atom. The van der Waals surface area contributed by atoms with Gasteiger partial charge < -0.3 is 20.7 Å². The highest BCUT2D eigenvalue weighted by Crippen LogP contribution is 2.23. The number of hydrogen-bond acceptors (Lipinski definition) is 4. The third-order valence-corrected chi connectivity index (χ3v) is 4.55. The summed E-state index contributed by atoms with van der Waals surface area (Å²) >= 11 is 0. The van der Waals surface area contributed by atoms with Gasteiger partial charge in [0.25, 0.3) is 5.91 Å². The van der Waals surface area contributed by atoms with Crippen molar-refractivity contribution < 1.29 is 19.1 Å². The molecule has 0 aromatic heterocycles. The predicted molar refractivity (Wildman–Crippen MR) is 126 cm³/mol. The van der Waals surface area contributed by atoms with E-state index in [1.165, 1.54) is 0 Å². The standard InChI is InChI=1S/C25H33N3O4/c1-24(2,3)19-13-11-17(12-14-19)22(30)28-20-10-8-7-9-18(20)15-26-21(29)16-27-23(31)32-25(4,5)6/h7-14H,15-16H2,1-6H3,(H,26,29)(H,27,31)(H,28,30). The van der Waals surface area contributed by atoms with Crippen molar-refractivity contribution in [2.75, 3.05) is 11.9 Å². The van der Waals surface area contributed by atoms with Gasteiger partial charge in [0.15, 0.2) is 0 Å². The zero-order valence-electron chi connectivity index (χ0n) is 19.7. The molecule has 0 heterocycles. The van der Waals surface area contributed by atoms with Gasteiger partial charge in [-0.15, -0.1) is 0 Å². The van der Waals surface area contributed by atoms with E-state index in [4.69, 9.17) is 4.74 Å². The molecular formula is C25H33N3O4. The molecule has 0 unspecified atom stereocenters. The van der Waals surface area contributed by atoms with E-state index in [1.54, 1.807) is 26.8 Å². The minimum absolute atomic E-state index is 0.0121. The number of alkyl carbamates (subject to hydrolysis) is 1. The van der Waals surface area contributed by atoms with Crippen LogP contribution in [0.2, 0.25) is 0 Å². The SMILES string of the molecule is CC(C)(C)OC(=O)NCC(=O)NCc1ccccc1NC(=O)c1ccc(C(C)(C)C)cc1. The molecule has 0 saturated carbocycles.